The van der Waals surface area contributed by atoms with Crippen LogP contribution in [-0.4, -0.2) is 44.8 Å². The molecule has 0 aliphatic carbocycles. The molecule has 1 heterocycles. The Labute approximate surface area is 230 Å². The minimum atomic E-state index is -3.84. The fraction of sp³-hybridized carbons (Fsp3) is 0.222. The second-order valence-corrected chi connectivity index (χ2v) is 11.0. The number of halogens is 4. The molecule has 4 rings (SSSR count). The number of hydrogen-bond donors (Lipinski definition) is 0. The maximum Gasteiger partial charge on any atom is 0.243 e. The van der Waals surface area contributed by atoms with Crippen molar-refractivity contribution in [2.75, 3.05) is 20.8 Å². The molecule has 3 aromatic carbocycles. The summed E-state index contributed by atoms with van der Waals surface area (Å²) in [5.74, 6) is -0.808. The first-order valence-electron chi connectivity index (χ1n) is 11.3. The molecule has 0 aliphatic heterocycles. The van der Waals surface area contributed by atoms with E-state index in [1.807, 2.05) is 6.92 Å². The number of ether oxygens (including phenoxy) is 2. The van der Waals surface area contributed by atoms with Crippen LogP contribution in [0.3, 0.4) is 0 Å². The van der Waals surface area contributed by atoms with Crippen LogP contribution in [0.1, 0.15) is 11.1 Å². The van der Waals surface area contributed by atoms with E-state index in [4.69, 9.17) is 32.7 Å². The average molecular weight is 583 g/mol. The highest BCUT2D eigenvalue weighted by atomic mass is 35.5. The van der Waals surface area contributed by atoms with Gasteiger partial charge in [0.2, 0.25) is 10.0 Å². The van der Waals surface area contributed by atoms with Gasteiger partial charge in [-0.25, -0.2) is 17.2 Å². The molecule has 11 heteroatoms. The van der Waals surface area contributed by atoms with E-state index >= 15 is 0 Å². The molecule has 0 saturated heterocycles. The summed E-state index contributed by atoms with van der Waals surface area (Å²) in [4.78, 5) is 4.04. The third kappa shape index (κ3) is 7.69. The molecule has 1 aromatic heterocycles. The largest absolute Gasteiger partial charge is 0.354 e. The predicted molar refractivity (Wildman–Crippen MR) is 145 cm³/mol. The van der Waals surface area contributed by atoms with Crippen LogP contribution in [-0.2, 0) is 26.0 Å². The summed E-state index contributed by atoms with van der Waals surface area (Å²) < 4.78 is 63.8. The summed E-state index contributed by atoms with van der Waals surface area (Å²) in [6.07, 6.45) is 2.48. The molecule has 0 unspecified atom stereocenters. The third-order valence-electron chi connectivity index (χ3n) is 5.57. The zero-order valence-corrected chi connectivity index (χ0v) is 23.2. The van der Waals surface area contributed by atoms with Crippen LogP contribution >= 0.6 is 23.2 Å². The summed E-state index contributed by atoms with van der Waals surface area (Å²) in [7, 11) is -0.985. The Morgan fingerprint density at radius 3 is 2.21 bits per heavy atom. The van der Waals surface area contributed by atoms with Crippen molar-refractivity contribution in [3.63, 3.8) is 0 Å². The normalized spacial score (nSPS) is 11.6. The lowest BCUT2D eigenvalue weighted by atomic mass is 10.2. The second kappa shape index (κ2) is 13.4. The molecule has 0 radical (unpaired) electrons. The first kappa shape index (κ1) is 29.9. The van der Waals surface area contributed by atoms with Gasteiger partial charge in [-0.15, -0.1) is 0 Å². The fourth-order valence-electron chi connectivity index (χ4n) is 3.48. The zero-order chi connectivity index (χ0) is 27.9. The number of rotatable bonds is 8. The van der Waals surface area contributed by atoms with Crippen LogP contribution in [0.25, 0.3) is 10.8 Å². The van der Waals surface area contributed by atoms with E-state index in [9.17, 15) is 17.2 Å². The van der Waals surface area contributed by atoms with E-state index < -0.39 is 22.1 Å². The molecule has 4 aromatic rings. The van der Waals surface area contributed by atoms with E-state index in [-0.39, 0.29) is 28.8 Å². The highest BCUT2D eigenvalue weighted by Gasteiger charge is 2.28. The first-order chi connectivity index (χ1) is 18.0. The van der Waals surface area contributed by atoms with Crippen molar-refractivity contribution in [2.45, 2.75) is 24.7 Å². The van der Waals surface area contributed by atoms with Crippen LogP contribution in [0.5, 0.6) is 0 Å². The van der Waals surface area contributed by atoms with Crippen molar-refractivity contribution in [1.82, 2.24) is 9.29 Å². The number of pyridine rings is 1. The number of aromatic nitrogens is 1. The summed E-state index contributed by atoms with van der Waals surface area (Å²) in [5.41, 5.74) is 1.43. The molecular weight excluding hydrogens is 557 g/mol. The smallest absolute Gasteiger partial charge is 0.243 e. The third-order valence-corrected chi connectivity index (χ3v) is 8.06. The molecule has 0 atom stereocenters. The van der Waals surface area contributed by atoms with Crippen LogP contribution < -0.4 is 0 Å². The predicted octanol–water partition coefficient (Wildman–Crippen LogP) is 6.62. The highest BCUT2D eigenvalue weighted by Crippen LogP contribution is 2.25. The molecule has 0 amide bonds. The molecule has 0 aliphatic rings. The Kier molecular flexibility index (Phi) is 10.6. The Balaban J connectivity index is 0.000000275. The maximum atomic E-state index is 13.3. The van der Waals surface area contributed by atoms with Crippen LogP contribution in [0.4, 0.5) is 8.78 Å². The van der Waals surface area contributed by atoms with Crippen molar-refractivity contribution in [3.05, 3.63) is 106 Å². The van der Waals surface area contributed by atoms with Gasteiger partial charge in [-0.1, -0.05) is 47.0 Å². The molecule has 0 saturated carbocycles. The number of aryl methyl sites for hydroxylation is 1. The standard InChI is InChI=1S/C18H21ClFNO4S.C9H5ClFN/c1-13-4-8-16(9-5-13)26(22,23)21(12-18(24-2)25-3)11-14-6-7-15(20)10-17(14)19;10-9-4-7(11)3-6-1-2-12-5-8(6)9/h4-10,18H,11-12H2,1-3H3;1-5H. The van der Waals surface area contributed by atoms with Crippen molar-refractivity contribution >= 4 is 44.0 Å². The molecule has 202 valence electrons. The SMILES string of the molecule is COC(CN(Cc1ccc(F)cc1Cl)S(=O)(=O)c1ccc(C)cc1)OC.Fc1cc(Cl)c2cnccc2c1. The van der Waals surface area contributed by atoms with E-state index in [1.54, 1.807) is 42.7 Å². The minimum absolute atomic E-state index is 0.0431. The van der Waals surface area contributed by atoms with Gasteiger partial charge >= 0.3 is 0 Å². The summed E-state index contributed by atoms with van der Waals surface area (Å²) in [5, 5.41) is 2.11. The van der Waals surface area contributed by atoms with E-state index in [0.29, 0.717) is 10.6 Å². The van der Waals surface area contributed by atoms with Gasteiger partial charge in [0.1, 0.15) is 11.6 Å². The first-order valence-corrected chi connectivity index (χ1v) is 13.5. The number of fused-ring (bicyclic) bond motifs is 1. The van der Waals surface area contributed by atoms with Crippen molar-refractivity contribution in [2.24, 2.45) is 0 Å². The Bertz CT molecular complexity index is 1480. The maximum absolute atomic E-state index is 13.3. The van der Waals surface area contributed by atoms with Crippen molar-refractivity contribution in [1.29, 1.82) is 0 Å². The number of methoxy groups -OCH3 is 2. The number of hydrogen-bond acceptors (Lipinski definition) is 5. The van der Waals surface area contributed by atoms with E-state index in [2.05, 4.69) is 4.98 Å². The fourth-order valence-corrected chi connectivity index (χ4v) is 5.37. The summed E-state index contributed by atoms with van der Waals surface area (Å²) >= 11 is 11.9. The van der Waals surface area contributed by atoms with E-state index in [0.717, 1.165) is 22.4 Å². The second-order valence-electron chi connectivity index (χ2n) is 8.23. The van der Waals surface area contributed by atoms with Crippen molar-refractivity contribution in [3.8, 4) is 0 Å². The van der Waals surface area contributed by atoms with Gasteiger partial charge in [0, 0.05) is 43.6 Å². The molecular formula is C27H26Cl2F2N2O4S. The molecule has 0 spiro atoms. The Morgan fingerprint density at radius 1 is 0.921 bits per heavy atom. The van der Waals surface area contributed by atoms with Gasteiger partial charge in [-0.3, -0.25) is 4.98 Å². The highest BCUT2D eigenvalue weighted by molar-refractivity contribution is 7.89. The van der Waals surface area contributed by atoms with Gasteiger partial charge in [0.15, 0.2) is 6.29 Å². The van der Waals surface area contributed by atoms with Gasteiger partial charge in [0.05, 0.1) is 16.5 Å². The Morgan fingerprint density at radius 2 is 1.58 bits per heavy atom. The molecule has 0 bridgehead atoms. The lowest BCUT2D eigenvalue weighted by molar-refractivity contribution is -0.108. The lowest BCUT2D eigenvalue weighted by Crippen LogP contribution is -2.38. The topological polar surface area (TPSA) is 68.7 Å². The molecule has 6 nitrogen and oxygen atoms in total. The van der Waals surface area contributed by atoms with Crippen molar-refractivity contribution < 1.29 is 26.7 Å². The van der Waals surface area contributed by atoms with Crippen LogP contribution in [0.2, 0.25) is 10.0 Å². The number of benzene rings is 3. The molecule has 0 N–H and O–H groups in total. The Hall–Kier alpha value is -2.66. The summed E-state index contributed by atoms with van der Waals surface area (Å²) in [6.45, 7) is 1.79. The number of sulfonamides is 1. The zero-order valence-electron chi connectivity index (χ0n) is 20.9. The van der Waals surface area contributed by atoms with Gasteiger partial charge < -0.3 is 9.47 Å². The van der Waals surface area contributed by atoms with Crippen LogP contribution in [0, 0.1) is 18.6 Å². The average Bonchev–Trinajstić information content (AvgIpc) is 2.88. The quantitative estimate of drug-likeness (QED) is 0.218. The van der Waals surface area contributed by atoms with Gasteiger partial charge in [-0.2, -0.15) is 4.31 Å². The van der Waals surface area contributed by atoms with E-state index in [1.165, 1.54) is 42.8 Å². The van der Waals surface area contributed by atoms with Crippen LogP contribution in [0.15, 0.2) is 78.0 Å². The lowest BCUT2D eigenvalue weighted by Gasteiger charge is -2.26. The molecule has 38 heavy (non-hydrogen) atoms. The number of nitrogens with zero attached hydrogens (tertiary/aromatic N) is 2. The van der Waals surface area contributed by atoms with Gasteiger partial charge in [0.25, 0.3) is 0 Å². The monoisotopic (exact) mass is 582 g/mol. The minimum Gasteiger partial charge on any atom is -0.354 e. The van der Waals surface area contributed by atoms with Gasteiger partial charge in [-0.05, 0) is 60.3 Å². The summed E-state index contributed by atoms with van der Waals surface area (Å²) in [6, 6.07) is 14.8. The molecule has 0 fully saturated rings.